The maximum absolute atomic E-state index is 15.1. The third kappa shape index (κ3) is 11.5. The van der Waals surface area contributed by atoms with Crippen molar-refractivity contribution in [1.29, 1.82) is 0 Å². The number of aliphatic hydroxyl groups excluding tert-OH is 2. The van der Waals surface area contributed by atoms with Crippen molar-refractivity contribution in [1.82, 2.24) is 15.1 Å². The number of carbonyl (C=O) groups is 1. The van der Waals surface area contributed by atoms with Crippen molar-refractivity contribution >= 4 is 13.6 Å². The minimum atomic E-state index is -3.55. The Balaban J connectivity index is 1.39. The molecule has 10 nitrogen and oxygen atoms in total. The highest BCUT2D eigenvalue weighted by Crippen LogP contribution is 2.50. The summed E-state index contributed by atoms with van der Waals surface area (Å²) >= 11 is 0. The van der Waals surface area contributed by atoms with Gasteiger partial charge in [0.2, 0.25) is 0 Å². The number of hydrogen-bond donors (Lipinski definition) is 4. The van der Waals surface area contributed by atoms with Gasteiger partial charge < -0.3 is 34.8 Å². The maximum atomic E-state index is 15.1. The van der Waals surface area contributed by atoms with Crippen molar-refractivity contribution in [2.45, 2.75) is 82.8 Å². The van der Waals surface area contributed by atoms with Gasteiger partial charge in [0.25, 0.3) is 0 Å². The molecule has 55 heavy (non-hydrogen) atoms. The van der Waals surface area contributed by atoms with Crippen LogP contribution in [0.15, 0.2) is 146 Å². The van der Waals surface area contributed by atoms with Gasteiger partial charge in [0.15, 0.2) is 0 Å². The zero-order valence-corrected chi connectivity index (χ0v) is 32.7. The summed E-state index contributed by atoms with van der Waals surface area (Å²) in [6, 6.07) is 35.7. The molecule has 0 bridgehead atoms. The molecule has 1 heterocycles. The summed E-state index contributed by atoms with van der Waals surface area (Å²) in [5, 5.41) is 27.5. The summed E-state index contributed by atoms with van der Waals surface area (Å²) < 4.78 is 26.1. The number of nitrogens with one attached hydrogen (secondary N) is 1. The fraction of sp³-hybridized carbons (Fsp3) is 0.341. The molecule has 1 fully saturated rings. The predicted molar refractivity (Wildman–Crippen MR) is 218 cm³/mol. The Morgan fingerprint density at radius 3 is 1.62 bits per heavy atom. The van der Waals surface area contributed by atoms with Gasteiger partial charge in [-0.05, 0) is 68.0 Å². The smallest absolute Gasteiger partial charge is 0.331 e. The van der Waals surface area contributed by atoms with Crippen molar-refractivity contribution in [3.8, 4) is 0 Å². The van der Waals surface area contributed by atoms with Crippen LogP contribution in [0.25, 0.3) is 0 Å². The molecule has 6 atom stereocenters. The van der Waals surface area contributed by atoms with Crippen LogP contribution in [0.2, 0.25) is 0 Å². The van der Waals surface area contributed by atoms with E-state index >= 15 is 4.79 Å². The number of allylic oxidation sites excluding steroid dienone is 2. The molecule has 2 unspecified atom stereocenters. The van der Waals surface area contributed by atoms with Crippen molar-refractivity contribution < 1.29 is 28.6 Å². The number of carbonyl (C=O) groups excluding carboxylic acids is 1. The van der Waals surface area contributed by atoms with Crippen LogP contribution in [0.3, 0.4) is 0 Å². The Labute approximate surface area is 325 Å². The van der Waals surface area contributed by atoms with E-state index in [0.717, 1.165) is 22.3 Å². The van der Waals surface area contributed by atoms with E-state index in [1.807, 2.05) is 135 Å². The number of nitrogens with two attached hydrogens (primary N) is 1. The number of rotatable bonds is 19. The average molecular weight is 767 g/mol. The lowest BCUT2D eigenvalue weighted by Crippen LogP contribution is -2.60. The van der Waals surface area contributed by atoms with E-state index in [-0.39, 0.29) is 25.4 Å². The van der Waals surface area contributed by atoms with Crippen LogP contribution in [0.1, 0.15) is 42.5 Å². The molecule has 5 N–H and O–H groups in total. The van der Waals surface area contributed by atoms with Gasteiger partial charge in [-0.25, -0.2) is 4.79 Å². The van der Waals surface area contributed by atoms with Gasteiger partial charge in [0, 0.05) is 5.70 Å². The van der Waals surface area contributed by atoms with E-state index in [1.54, 1.807) is 22.0 Å². The molecule has 0 aliphatic carbocycles. The second kappa shape index (κ2) is 20.4. The SMILES string of the molecule is C=C/C=C(/N)C(C)N1C(=O)N(C(C)NCCCP(=O)(OCc2ccccc2)OCc2ccccc2)[C@H](Cc2ccccc2)[C@H](O)[C@@H](O)[C@H]1Cc1ccccc1. The molecular formula is C44H55N4O6P. The first kappa shape index (κ1) is 41.6. The Morgan fingerprint density at radius 1 is 0.764 bits per heavy atom. The second-order valence-corrected chi connectivity index (χ2v) is 16.2. The lowest BCUT2D eigenvalue weighted by molar-refractivity contribution is -0.0453. The first-order valence-corrected chi connectivity index (χ1v) is 20.6. The minimum absolute atomic E-state index is 0.139. The summed E-state index contributed by atoms with van der Waals surface area (Å²) in [6.07, 6.45) is 1.14. The number of urea groups is 1. The van der Waals surface area contributed by atoms with Gasteiger partial charge in [-0.2, -0.15) is 0 Å². The normalized spacial score (nSPS) is 20.5. The van der Waals surface area contributed by atoms with Crippen LogP contribution in [0, 0.1) is 0 Å². The first-order valence-electron chi connectivity index (χ1n) is 18.9. The van der Waals surface area contributed by atoms with Crippen LogP contribution < -0.4 is 11.1 Å². The molecule has 1 aliphatic heterocycles. The minimum Gasteiger partial charge on any atom is -0.400 e. The van der Waals surface area contributed by atoms with Crippen LogP contribution in [-0.2, 0) is 39.7 Å². The molecule has 0 spiro atoms. The number of aliphatic hydroxyl groups is 2. The van der Waals surface area contributed by atoms with Crippen molar-refractivity contribution in [2.24, 2.45) is 5.73 Å². The van der Waals surface area contributed by atoms with Gasteiger partial charge in [0.1, 0.15) is 12.2 Å². The van der Waals surface area contributed by atoms with E-state index in [9.17, 15) is 14.8 Å². The van der Waals surface area contributed by atoms with E-state index < -0.39 is 44.1 Å². The van der Waals surface area contributed by atoms with Crippen LogP contribution in [-0.4, -0.2) is 75.2 Å². The highest BCUT2D eigenvalue weighted by atomic mass is 31.2. The quantitative estimate of drug-likeness (QED) is 0.0454. The van der Waals surface area contributed by atoms with Crippen molar-refractivity contribution in [3.63, 3.8) is 0 Å². The molecule has 1 aliphatic rings. The lowest BCUT2D eigenvalue weighted by Gasteiger charge is -2.41. The molecule has 0 aromatic heterocycles. The van der Waals surface area contributed by atoms with Crippen LogP contribution >= 0.6 is 7.60 Å². The van der Waals surface area contributed by atoms with Gasteiger partial charge in [-0.3, -0.25) is 9.88 Å². The molecule has 4 aromatic carbocycles. The fourth-order valence-corrected chi connectivity index (χ4v) is 8.60. The summed E-state index contributed by atoms with van der Waals surface area (Å²) in [5.74, 6) is 0. The van der Waals surface area contributed by atoms with E-state index in [4.69, 9.17) is 14.8 Å². The third-order valence-electron chi connectivity index (χ3n) is 10.1. The average Bonchev–Trinajstić information content (AvgIpc) is 3.28. The number of benzene rings is 4. The molecule has 4 aromatic rings. The molecule has 2 amide bonds. The van der Waals surface area contributed by atoms with Gasteiger partial charge in [0.05, 0.1) is 43.7 Å². The topological polar surface area (TPSA) is 138 Å². The van der Waals surface area contributed by atoms with Gasteiger partial charge in [-0.15, -0.1) is 0 Å². The molecule has 292 valence electrons. The summed E-state index contributed by atoms with van der Waals surface area (Å²) in [6.45, 7) is 8.10. The standard InChI is InChI=1S/C44H55N4O6P/c1-4-18-39(45)33(2)47-40(29-35-19-9-5-10-20-35)42(49)43(50)41(30-36-21-11-6-12-22-36)48(44(47)51)34(3)46-27-17-28-55(52,53-31-37-23-13-7-14-24-37)54-32-38-25-15-8-16-26-38/h4-16,18-26,33-34,40-43,46,49-50H,1,17,27-32,45H2,2-3H3/b39-18+/t33?,34?,40-,41-,42+,43+/m1/s1. The largest absolute Gasteiger partial charge is 0.400 e. The van der Waals surface area contributed by atoms with E-state index in [1.165, 1.54) is 0 Å². The summed E-state index contributed by atoms with van der Waals surface area (Å²) in [4.78, 5) is 18.3. The first-order chi connectivity index (χ1) is 26.6. The van der Waals surface area contributed by atoms with Crippen LogP contribution in [0.5, 0.6) is 0 Å². The molecule has 0 radical (unpaired) electrons. The lowest BCUT2D eigenvalue weighted by atomic mass is 9.90. The van der Waals surface area contributed by atoms with Gasteiger partial charge >= 0.3 is 13.6 Å². The molecule has 1 saturated heterocycles. The Morgan fingerprint density at radius 2 is 1.18 bits per heavy atom. The number of nitrogens with zero attached hydrogens (tertiary/aromatic N) is 2. The summed E-state index contributed by atoms with van der Waals surface area (Å²) in [5.41, 5.74) is 10.5. The van der Waals surface area contributed by atoms with Crippen molar-refractivity contribution in [2.75, 3.05) is 12.7 Å². The van der Waals surface area contributed by atoms with Gasteiger partial charge in [-0.1, -0.05) is 134 Å². The fourth-order valence-electron chi connectivity index (χ4n) is 7.04. The molecule has 11 heteroatoms. The second-order valence-electron chi connectivity index (χ2n) is 14.0. The highest BCUT2D eigenvalue weighted by molar-refractivity contribution is 7.53. The maximum Gasteiger partial charge on any atom is 0.331 e. The molecule has 5 rings (SSSR count). The monoisotopic (exact) mass is 766 g/mol. The van der Waals surface area contributed by atoms with Crippen LogP contribution in [0.4, 0.5) is 4.79 Å². The Bertz CT molecular complexity index is 1800. The van der Waals surface area contributed by atoms with E-state index in [0.29, 0.717) is 31.5 Å². The Hall–Kier alpha value is -4.54. The molecular weight excluding hydrogens is 711 g/mol. The molecule has 0 saturated carbocycles. The predicted octanol–water partition coefficient (Wildman–Crippen LogP) is 7.04. The number of hydrogen-bond acceptors (Lipinski definition) is 8. The third-order valence-corrected chi connectivity index (χ3v) is 12.0. The number of amides is 2. The Kier molecular flexibility index (Phi) is 15.4. The zero-order valence-electron chi connectivity index (χ0n) is 31.8. The van der Waals surface area contributed by atoms with E-state index in [2.05, 4.69) is 11.9 Å². The van der Waals surface area contributed by atoms with Crippen molar-refractivity contribution in [3.05, 3.63) is 168 Å². The highest BCUT2D eigenvalue weighted by Gasteiger charge is 2.49. The zero-order chi connectivity index (χ0) is 39.2. The summed E-state index contributed by atoms with van der Waals surface area (Å²) in [7, 11) is -3.55.